The van der Waals surface area contributed by atoms with Crippen LogP contribution in [0.4, 0.5) is 5.69 Å². The number of rotatable bonds is 6. The predicted octanol–water partition coefficient (Wildman–Crippen LogP) is 2.44. The zero-order valence-electron chi connectivity index (χ0n) is 12.5. The van der Waals surface area contributed by atoms with E-state index in [1.54, 1.807) is 11.3 Å². The second kappa shape index (κ2) is 8.84. The maximum absolute atomic E-state index is 11.9. The van der Waals surface area contributed by atoms with Gasteiger partial charge in [-0.2, -0.15) is 11.3 Å². The molecule has 0 aliphatic rings. The van der Waals surface area contributed by atoms with Crippen LogP contribution in [0.1, 0.15) is 12.5 Å². The molecule has 116 valence electrons. The van der Waals surface area contributed by atoms with Crippen LogP contribution in [0.25, 0.3) is 0 Å². The second-order valence-corrected chi connectivity index (χ2v) is 5.37. The highest BCUT2D eigenvalue weighted by molar-refractivity contribution is 7.07. The summed E-state index contributed by atoms with van der Waals surface area (Å²) in [7, 11) is 0. The van der Waals surface area contributed by atoms with Crippen LogP contribution < -0.4 is 16.0 Å². The van der Waals surface area contributed by atoms with Crippen molar-refractivity contribution in [2.75, 3.05) is 18.4 Å². The number of carbonyl (C=O) groups excluding carboxylic acids is 1. The summed E-state index contributed by atoms with van der Waals surface area (Å²) in [5, 5.41) is 13.1. The van der Waals surface area contributed by atoms with E-state index < -0.39 is 0 Å². The Balaban J connectivity index is 1.83. The number of carbonyl (C=O) groups is 1. The normalized spacial score (nSPS) is 11.0. The first-order valence-corrected chi connectivity index (χ1v) is 8.10. The number of amides is 1. The van der Waals surface area contributed by atoms with E-state index in [-0.39, 0.29) is 12.5 Å². The lowest BCUT2D eigenvalue weighted by molar-refractivity contribution is -0.115. The number of hydrogen-bond acceptors (Lipinski definition) is 3. The zero-order valence-corrected chi connectivity index (χ0v) is 13.3. The molecule has 1 aromatic carbocycles. The first-order valence-electron chi connectivity index (χ1n) is 7.16. The second-order valence-electron chi connectivity index (χ2n) is 4.59. The van der Waals surface area contributed by atoms with Crippen LogP contribution in [0, 0.1) is 0 Å². The topological polar surface area (TPSA) is 65.5 Å². The van der Waals surface area contributed by atoms with Gasteiger partial charge in [-0.3, -0.25) is 4.79 Å². The van der Waals surface area contributed by atoms with Crippen LogP contribution in [0.15, 0.2) is 52.2 Å². The fourth-order valence-corrected chi connectivity index (χ4v) is 2.45. The fourth-order valence-electron chi connectivity index (χ4n) is 1.79. The highest BCUT2D eigenvalue weighted by Gasteiger charge is 2.04. The molecule has 0 saturated carbocycles. The number of benzene rings is 1. The van der Waals surface area contributed by atoms with Crippen LogP contribution in [0.3, 0.4) is 0 Å². The molecule has 0 spiro atoms. The number of anilines is 1. The lowest BCUT2D eigenvalue weighted by atomic mass is 10.3. The Labute approximate surface area is 134 Å². The molecule has 0 aliphatic carbocycles. The van der Waals surface area contributed by atoms with Gasteiger partial charge in [0.15, 0.2) is 5.96 Å². The Hall–Kier alpha value is -2.34. The van der Waals surface area contributed by atoms with Gasteiger partial charge in [-0.05, 0) is 41.4 Å². The quantitative estimate of drug-likeness (QED) is 0.566. The summed E-state index contributed by atoms with van der Waals surface area (Å²) >= 11 is 1.65. The SMILES string of the molecule is CCNC(=NCc1ccsc1)NCC(=O)Nc1ccccc1. The summed E-state index contributed by atoms with van der Waals surface area (Å²) in [6.45, 7) is 3.51. The van der Waals surface area contributed by atoms with Crippen LogP contribution in [-0.4, -0.2) is 25.0 Å². The predicted molar refractivity (Wildman–Crippen MR) is 92.2 cm³/mol. The van der Waals surface area contributed by atoms with Crippen molar-refractivity contribution in [3.8, 4) is 0 Å². The summed E-state index contributed by atoms with van der Waals surface area (Å²) in [5.74, 6) is 0.532. The maximum atomic E-state index is 11.9. The molecule has 22 heavy (non-hydrogen) atoms. The molecule has 0 atom stereocenters. The van der Waals surface area contributed by atoms with Gasteiger partial charge in [0.2, 0.25) is 5.91 Å². The highest BCUT2D eigenvalue weighted by Crippen LogP contribution is 2.06. The van der Waals surface area contributed by atoms with E-state index >= 15 is 0 Å². The third kappa shape index (κ3) is 5.57. The van der Waals surface area contributed by atoms with E-state index in [9.17, 15) is 4.79 Å². The van der Waals surface area contributed by atoms with E-state index in [1.165, 1.54) is 0 Å². The molecule has 0 aliphatic heterocycles. The maximum Gasteiger partial charge on any atom is 0.243 e. The molecule has 6 heteroatoms. The van der Waals surface area contributed by atoms with Crippen LogP contribution >= 0.6 is 11.3 Å². The van der Waals surface area contributed by atoms with E-state index in [0.29, 0.717) is 12.5 Å². The highest BCUT2D eigenvalue weighted by atomic mass is 32.1. The van der Waals surface area contributed by atoms with Gasteiger partial charge in [-0.15, -0.1) is 0 Å². The molecule has 1 heterocycles. The molecule has 3 N–H and O–H groups in total. The van der Waals surface area contributed by atoms with Gasteiger partial charge in [0.1, 0.15) is 0 Å². The molecule has 1 amide bonds. The van der Waals surface area contributed by atoms with E-state index in [2.05, 4.69) is 26.3 Å². The number of aliphatic imine (C=N–C) groups is 1. The minimum absolute atomic E-state index is 0.104. The molecule has 2 aromatic rings. The van der Waals surface area contributed by atoms with Crippen molar-refractivity contribution in [1.29, 1.82) is 0 Å². The van der Waals surface area contributed by atoms with Gasteiger partial charge in [-0.25, -0.2) is 4.99 Å². The van der Waals surface area contributed by atoms with Crippen molar-refractivity contribution >= 4 is 28.9 Å². The third-order valence-electron chi connectivity index (χ3n) is 2.82. The molecular formula is C16H20N4OS. The minimum atomic E-state index is -0.104. The van der Waals surface area contributed by atoms with Crippen LogP contribution in [0.5, 0.6) is 0 Å². The summed E-state index contributed by atoms with van der Waals surface area (Å²) in [5.41, 5.74) is 1.95. The Kier molecular flexibility index (Phi) is 6.44. The Morgan fingerprint density at radius 3 is 2.68 bits per heavy atom. The van der Waals surface area contributed by atoms with E-state index in [0.717, 1.165) is 17.8 Å². The molecule has 0 fully saturated rings. The number of hydrogen-bond donors (Lipinski definition) is 3. The molecule has 0 unspecified atom stereocenters. The molecule has 2 rings (SSSR count). The smallest absolute Gasteiger partial charge is 0.243 e. The molecule has 0 saturated heterocycles. The molecule has 0 radical (unpaired) electrons. The lowest BCUT2D eigenvalue weighted by Gasteiger charge is -2.11. The van der Waals surface area contributed by atoms with Crippen LogP contribution in [0.2, 0.25) is 0 Å². The summed E-state index contributed by atoms with van der Waals surface area (Å²) in [4.78, 5) is 16.4. The first-order chi connectivity index (χ1) is 10.8. The van der Waals surface area contributed by atoms with Crippen molar-refractivity contribution in [3.05, 3.63) is 52.7 Å². The Bertz CT molecular complexity index is 596. The van der Waals surface area contributed by atoms with Gasteiger partial charge < -0.3 is 16.0 Å². The Morgan fingerprint density at radius 1 is 1.18 bits per heavy atom. The summed E-state index contributed by atoms with van der Waals surface area (Å²) in [6.07, 6.45) is 0. The van der Waals surface area contributed by atoms with Gasteiger partial charge in [0.05, 0.1) is 13.1 Å². The molecule has 1 aromatic heterocycles. The number of guanidine groups is 1. The fraction of sp³-hybridized carbons (Fsp3) is 0.250. The minimum Gasteiger partial charge on any atom is -0.357 e. The zero-order chi connectivity index (χ0) is 15.6. The number of para-hydroxylation sites is 1. The van der Waals surface area contributed by atoms with Gasteiger partial charge >= 0.3 is 0 Å². The van der Waals surface area contributed by atoms with Crippen molar-refractivity contribution in [1.82, 2.24) is 10.6 Å². The van der Waals surface area contributed by atoms with E-state index in [4.69, 9.17) is 0 Å². The van der Waals surface area contributed by atoms with Gasteiger partial charge in [0, 0.05) is 12.2 Å². The average Bonchev–Trinajstić information content (AvgIpc) is 3.04. The van der Waals surface area contributed by atoms with Gasteiger partial charge in [-0.1, -0.05) is 18.2 Å². The first kappa shape index (κ1) is 16.0. The van der Waals surface area contributed by atoms with Crippen LogP contribution in [-0.2, 0) is 11.3 Å². The van der Waals surface area contributed by atoms with Gasteiger partial charge in [0.25, 0.3) is 0 Å². The third-order valence-corrected chi connectivity index (χ3v) is 3.55. The molecule has 5 nitrogen and oxygen atoms in total. The molecular weight excluding hydrogens is 296 g/mol. The standard InChI is InChI=1S/C16H20N4OS/c1-2-17-16(18-10-13-8-9-22-12-13)19-11-15(21)20-14-6-4-3-5-7-14/h3-9,12H,2,10-11H2,1H3,(H,20,21)(H2,17,18,19). The van der Waals surface area contributed by atoms with Crippen molar-refractivity contribution < 1.29 is 4.79 Å². The number of nitrogens with zero attached hydrogens (tertiary/aromatic N) is 1. The van der Waals surface area contributed by atoms with E-state index in [1.807, 2.05) is 48.7 Å². The summed E-state index contributed by atoms with van der Waals surface area (Å²) in [6, 6.07) is 11.4. The largest absolute Gasteiger partial charge is 0.357 e. The number of nitrogens with one attached hydrogen (secondary N) is 3. The van der Waals surface area contributed by atoms with Crippen molar-refractivity contribution in [2.24, 2.45) is 4.99 Å². The van der Waals surface area contributed by atoms with Crippen molar-refractivity contribution in [3.63, 3.8) is 0 Å². The molecule has 0 bridgehead atoms. The number of thiophene rings is 1. The lowest BCUT2D eigenvalue weighted by Crippen LogP contribution is -2.41. The average molecular weight is 316 g/mol. The van der Waals surface area contributed by atoms with Crippen molar-refractivity contribution in [2.45, 2.75) is 13.5 Å². The Morgan fingerprint density at radius 2 is 2.00 bits per heavy atom. The summed E-state index contributed by atoms with van der Waals surface area (Å²) < 4.78 is 0. The monoisotopic (exact) mass is 316 g/mol.